The predicted octanol–water partition coefficient (Wildman–Crippen LogP) is 6.94. The van der Waals surface area contributed by atoms with Gasteiger partial charge in [0.2, 0.25) is 5.76 Å². The fourth-order valence-corrected chi connectivity index (χ4v) is 5.40. The summed E-state index contributed by atoms with van der Waals surface area (Å²) in [7, 11) is 0. The summed E-state index contributed by atoms with van der Waals surface area (Å²) < 4.78 is 41.5. The predicted molar refractivity (Wildman–Crippen MR) is 250 cm³/mol. The lowest BCUT2D eigenvalue weighted by atomic mass is 10.0. The van der Waals surface area contributed by atoms with E-state index in [-0.39, 0.29) is 83.2 Å². The van der Waals surface area contributed by atoms with E-state index in [0.717, 1.165) is 44.9 Å². The van der Waals surface area contributed by atoms with E-state index in [4.69, 9.17) is 18.9 Å². The van der Waals surface area contributed by atoms with E-state index in [2.05, 4.69) is 82.9 Å². The third-order valence-electron chi connectivity index (χ3n) is 9.77. The van der Waals surface area contributed by atoms with Gasteiger partial charge in [0.1, 0.15) is 24.4 Å². The van der Waals surface area contributed by atoms with Gasteiger partial charge in [-0.1, -0.05) is 66.5 Å². The molecule has 18 heteroatoms. The summed E-state index contributed by atoms with van der Waals surface area (Å²) in [5.41, 5.74) is 4.48. The number of rotatable bonds is 1. The first-order chi connectivity index (χ1) is 32.2. The van der Waals surface area contributed by atoms with Crippen LogP contribution in [-0.2, 0) is 85.8 Å². The van der Waals surface area contributed by atoms with Gasteiger partial charge in [0.15, 0.2) is 0 Å². The van der Waals surface area contributed by atoms with Crippen LogP contribution in [0.4, 0.5) is 0 Å². The zero-order valence-electron chi connectivity index (χ0n) is 40.6. The van der Waals surface area contributed by atoms with E-state index in [1.54, 1.807) is 0 Å². The average Bonchev–Trinajstić information content (AvgIpc) is 3.60. The molecule has 0 aliphatic carbocycles. The molecule has 9 fully saturated rings. The highest BCUT2D eigenvalue weighted by atomic mass is 16.6. The van der Waals surface area contributed by atoms with Crippen molar-refractivity contribution in [2.24, 2.45) is 5.92 Å². The topological polar surface area (TPSA) is 240 Å². The van der Waals surface area contributed by atoms with Crippen LogP contribution < -0.4 is 0 Å². The lowest BCUT2D eigenvalue weighted by Crippen LogP contribution is -2.22. The number of carbonyl (C=O) groups is 9. The Kier molecular flexibility index (Phi) is 25.7. The van der Waals surface area contributed by atoms with Gasteiger partial charge >= 0.3 is 53.7 Å². The molecule has 9 heterocycles. The zero-order valence-corrected chi connectivity index (χ0v) is 40.6. The number of epoxide rings is 1. The van der Waals surface area contributed by atoms with Crippen LogP contribution in [0.15, 0.2) is 110 Å². The molecule has 0 N–H and O–H groups in total. The van der Waals surface area contributed by atoms with Gasteiger partial charge in [0.25, 0.3) is 0 Å². The maximum atomic E-state index is 10.7. The number of carbonyl (C=O) groups excluding carboxylic acids is 9. The third kappa shape index (κ3) is 24.0. The molecule has 0 bridgehead atoms. The molecular formula is C51H66O18. The smallest absolute Gasteiger partial charge is 0.379 e. The van der Waals surface area contributed by atoms with Gasteiger partial charge in [-0.25, -0.2) is 43.2 Å². The van der Waals surface area contributed by atoms with Crippen molar-refractivity contribution in [3.8, 4) is 0 Å². The van der Waals surface area contributed by atoms with Crippen molar-refractivity contribution >= 4 is 53.7 Å². The van der Waals surface area contributed by atoms with Crippen LogP contribution in [0, 0.1) is 5.92 Å². The Morgan fingerprint density at radius 3 is 1.17 bits per heavy atom. The van der Waals surface area contributed by atoms with E-state index in [1.165, 1.54) is 0 Å². The summed E-state index contributed by atoms with van der Waals surface area (Å²) in [6.07, 6.45) is 8.38. The number of hydrogen-bond acceptors (Lipinski definition) is 18. The molecule has 3 unspecified atom stereocenters. The highest BCUT2D eigenvalue weighted by molar-refractivity contribution is 5.99. The van der Waals surface area contributed by atoms with E-state index in [9.17, 15) is 43.2 Å². The molecular weight excluding hydrogens is 901 g/mol. The minimum Gasteiger partial charge on any atom is -0.462 e. The molecule has 18 nitrogen and oxygen atoms in total. The Morgan fingerprint density at radius 1 is 0.493 bits per heavy atom. The van der Waals surface area contributed by atoms with Crippen LogP contribution in [0.1, 0.15) is 98.8 Å². The third-order valence-corrected chi connectivity index (χ3v) is 9.77. The SMILES string of the molecule is C=C1C(=O)OCC1C.C=C1CC(C)(C)OC1=O.C=C1CC(C)OC1=O.C=C1CC(CC)OC1=O.C=C1CCCCOC1=O.C=C1CCCOC1=O.C=C1CCOC1=O.C=C1COC1=O.C=C1OC1=O. The highest BCUT2D eigenvalue weighted by Gasteiger charge is 2.34. The Bertz CT molecular complexity index is 1940. The van der Waals surface area contributed by atoms with Crippen molar-refractivity contribution in [1.29, 1.82) is 0 Å². The minimum absolute atomic E-state index is 0.0509. The van der Waals surface area contributed by atoms with E-state index in [1.807, 2.05) is 34.6 Å². The maximum Gasteiger partial charge on any atom is 0.379 e. The first kappa shape index (κ1) is 59.9. The van der Waals surface area contributed by atoms with Crippen molar-refractivity contribution < 1.29 is 85.8 Å². The van der Waals surface area contributed by atoms with Gasteiger partial charge in [0, 0.05) is 70.6 Å². The lowest BCUT2D eigenvalue weighted by Gasteiger charge is -2.13. The molecule has 9 rings (SSSR count). The van der Waals surface area contributed by atoms with Gasteiger partial charge in [-0.15, -0.1) is 0 Å². The standard InChI is InChI=1S/3C7H10O2.3C6H8O2.C5H6O2.C4H4O2.C3H2O2/c1-5-4-7(2,3)9-6(5)8;1-6-4-2-3-5-9-7(6)8;1-3-6-4-5(2)7(8)9-6;1-4-3-8-6(7)5(4)2;1-4-3-5(2)8-6(4)7;1-5-3-2-4-8-6(5)7;1-4-2-3-7-5(4)6;1-3-2-6-4(3)5;1-2-3(4)5-2/h1,4H2,2-3H3;1-5H2;6H,2-4H2,1H3;4H,2-3H2,1H3;5H,1,3H2,2H3;1-4H2;1-3H2;1-2H2;1H2. The summed E-state index contributed by atoms with van der Waals surface area (Å²) in [6, 6.07) is 0. The normalized spacial score (nSPS) is 23.3. The Hall–Kier alpha value is -7.11. The van der Waals surface area contributed by atoms with Crippen LogP contribution in [0.3, 0.4) is 0 Å². The fraction of sp³-hybridized carbons (Fsp3) is 0.471. The second-order valence-corrected chi connectivity index (χ2v) is 16.7. The highest BCUT2D eigenvalue weighted by Crippen LogP contribution is 2.28. The molecule has 0 radical (unpaired) electrons. The first-order valence-electron chi connectivity index (χ1n) is 22.0. The molecule has 378 valence electrons. The average molecular weight is 967 g/mol. The second-order valence-electron chi connectivity index (χ2n) is 16.7. The molecule has 0 amide bonds. The largest absolute Gasteiger partial charge is 0.462 e. The molecule has 0 saturated carbocycles. The van der Waals surface area contributed by atoms with Crippen molar-refractivity contribution in [3.05, 3.63) is 110 Å². The molecule has 9 saturated heterocycles. The Morgan fingerprint density at radius 2 is 0.957 bits per heavy atom. The summed E-state index contributed by atoms with van der Waals surface area (Å²) >= 11 is 0. The van der Waals surface area contributed by atoms with Gasteiger partial charge in [0.05, 0.1) is 32.0 Å². The van der Waals surface area contributed by atoms with Crippen molar-refractivity contribution in [2.75, 3.05) is 33.0 Å². The van der Waals surface area contributed by atoms with E-state index in [0.29, 0.717) is 96.9 Å². The van der Waals surface area contributed by atoms with Crippen LogP contribution >= 0.6 is 0 Å². The monoisotopic (exact) mass is 966 g/mol. The molecule has 9 aliphatic heterocycles. The van der Waals surface area contributed by atoms with Crippen LogP contribution in [0.25, 0.3) is 0 Å². The van der Waals surface area contributed by atoms with Crippen LogP contribution in [0.2, 0.25) is 0 Å². The van der Waals surface area contributed by atoms with Crippen molar-refractivity contribution in [3.63, 3.8) is 0 Å². The maximum absolute atomic E-state index is 10.7. The number of esters is 8. The van der Waals surface area contributed by atoms with E-state index >= 15 is 0 Å². The lowest BCUT2D eigenvalue weighted by molar-refractivity contribution is -0.147. The first-order valence-corrected chi connectivity index (χ1v) is 22.0. The molecule has 9 aliphatic rings. The number of cyclic esters (lactones) is 9. The van der Waals surface area contributed by atoms with Crippen molar-refractivity contribution in [1.82, 2.24) is 0 Å². The summed E-state index contributed by atoms with van der Waals surface area (Å²) in [5, 5.41) is 0. The fourth-order valence-electron chi connectivity index (χ4n) is 5.40. The Balaban J connectivity index is 0.000000390. The quantitative estimate of drug-likeness (QED) is 0.112. The van der Waals surface area contributed by atoms with Crippen LogP contribution in [-0.4, -0.2) is 105 Å². The van der Waals surface area contributed by atoms with Gasteiger partial charge in [-0.05, 0) is 65.9 Å². The number of hydrogen-bond donors (Lipinski definition) is 0. The van der Waals surface area contributed by atoms with Gasteiger partial charge in [-0.2, -0.15) is 0 Å². The molecule has 3 atom stereocenters. The second kappa shape index (κ2) is 29.6. The number of ether oxygens (including phenoxy) is 9. The minimum atomic E-state index is -0.311. The Labute approximate surface area is 403 Å². The molecule has 0 spiro atoms. The molecule has 0 aromatic rings. The zero-order chi connectivity index (χ0) is 52.6. The summed E-state index contributed by atoms with van der Waals surface area (Å²) in [6.45, 7) is 43.4. The van der Waals surface area contributed by atoms with Crippen molar-refractivity contribution in [2.45, 2.75) is 117 Å². The van der Waals surface area contributed by atoms with Crippen LogP contribution in [0.5, 0.6) is 0 Å². The van der Waals surface area contributed by atoms with Gasteiger partial charge < -0.3 is 42.6 Å². The summed E-state index contributed by atoms with van der Waals surface area (Å²) in [5.74, 6) is -1.65. The summed E-state index contributed by atoms with van der Waals surface area (Å²) in [4.78, 5) is 93.1. The van der Waals surface area contributed by atoms with Gasteiger partial charge in [-0.3, -0.25) is 0 Å². The molecule has 0 aromatic carbocycles. The molecule has 0 aromatic heterocycles. The van der Waals surface area contributed by atoms with E-state index < -0.39 is 0 Å². The molecule has 69 heavy (non-hydrogen) atoms.